The molecule has 1 nitrogen and oxygen atoms in total. The van der Waals surface area contributed by atoms with E-state index in [2.05, 4.69) is 15.9 Å². The Balaban J connectivity index is 2.96. The molecule has 0 aliphatic rings. The molecule has 0 fully saturated rings. The third-order valence-corrected chi connectivity index (χ3v) is 2.29. The van der Waals surface area contributed by atoms with Crippen molar-refractivity contribution in [3.63, 3.8) is 0 Å². The molecule has 0 radical (unpaired) electrons. The zero-order valence-electron chi connectivity index (χ0n) is 7.48. The van der Waals surface area contributed by atoms with Crippen LogP contribution in [-0.4, -0.2) is 12.8 Å². The average Bonchev–Trinajstić information content (AvgIpc) is 2.07. The van der Waals surface area contributed by atoms with Crippen LogP contribution in [0.3, 0.4) is 0 Å². The zero-order valence-corrected chi connectivity index (χ0v) is 9.06. The molecule has 0 heterocycles. The van der Waals surface area contributed by atoms with Crippen molar-refractivity contribution in [1.29, 1.82) is 0 Å². The minimum atomic E-state index is -4.32. The number of hydrogen-bond acceptors (Lipinski definition) is 1. The van der Waals surface area contributed by atoms with Gasteiger partial charge in [-0.15, -0.1) is 0 Å². The summed E-state index contributed by atoms with van der Waals surface area (Å²) in [6.07, 6.45) is -4.32. The molecule has 1 aromatic rings. The van der Waals surface area contributed by atoms with Crippen molar-refractivity contribution in [2.24, 2.45) is 0 Å². The Hall–Kier alpha value is -0.710. The van der Waals surface area contributed by atoms with Gasteiger partial charge >= 0.3 is 6.30 Å². The van der Waals surface area contributed by atoms with Crippen LogP contribution in [0.1, 0.15) is 6.92 Å². The summed E-state index contributed by atoms with van der Waals surface area (Å²) >= 11 is 3.17. The smallest absolute Gasteiger partial charge is 0.284 e. The van der Waals surface area contributed by atoms with Gasteiger partial charge in [0.1, 0.15) is 0 Å². The fraction of sp³-hybridized carbons (Fsp3) is 0.333. The van der Waals surface area contributed by atoms with Gasteiger partial charge in [0.2, 0.25) is 0 Å². The van der Waals surface area contributed by atoms with Gasteiger partial charge < -0.3 is 0 Å². The molecule has 0 aromatic heterocycles. The molecule has 0 spiro atoms. The number of halogens is 4. The number of alkyl halides is 3. The molecule has 0 aliphatic carbocycles. The van der Waals surface area contributed by atoms with Crippen molar-refractivity contribution in [3.05, 3.63) is 28.7 Å². The minimum absolute atomic E-state index is 0.0921. The predicted octanol–water partition coefficient (Wildman–Crippen LogP) is 3.80. The molecule has 0 N–H and O–H groups in total. The number of benzene rings is 1. The third-order valence-electron chi connectivity index (χ3n) is 1.76. The van der Waals surface area contributed by atoms with Gasteiger partial charge in [-0.1, -0.05) is 15.9 Å². The second kappa shape index (κ2) is 4.21. The lowest BCUT2D eigenvalue weighted by Gasteiger charge is -2.25. The third kappa shape index (κ3) is 2.64. The van der Waals surface area contributed by atoms with Crippen LogP contribution in [0.15, 0.2) is 28.7 Å². The highest BCUT2D eigenvalue weighted by molar-refractivity contribution is 9.10. The number of nitrogens with zero attached hydrogens (tertiary/aromatic N) is 1. The first-order chi connectivity index (χ1) is 6.45. The summed E-state index contributed by atoms with van der Waals surface area (Å²) in [5.41, 5.74) is 0.156. The van der Waals surface area contributed by atoms with Crippen LogP contribution in [0, 0.1) is 0 Å². The summed E-state index contributed by atoms with van der Waals surface area (Å²) in [6.45, 7) is 1.38. The quantitative estimate of drug-likeness (QED) is 0.737. The Labute approximate surface area is 88.7 Å². The van der Waals surface area contributed by atoms with Crippen molar-refractivity contribution in [2.45, 2.75) is 13.2 Å². The lowest BCUT2D eigenvalue weighted by atomic mass is 10.3. The molecule has 0 saturated carbocycles. The molecule has 5 heteroatoms. The second-order valence-corrected chi connectivity index (χ2v) is 3.60. The van der Waals surface area contributed by atoms with Gasteiger partial charge in [-0.2, -0.15) is 13.2 Å². The maximum atomic E-state index is 12.4. The monoisotopic (exact) mass is 267 g/mol. The van der Waals surface area contributed by atoms with E-state index >= 15 is 0 Å². The maximum Gasteiger partial charge on any atom is 0.484 e. The van der Waals surface area contributed by atoms with Crippen molar-refractivity contribution in [1.82, 2.24) is 0 Å². The van der Waals surface area contributed by atoms with E-state index < -0.39 is 6.30 Å². The molecule has 14 heavy (non-hydrogen) atoms. The topological polar surface area (TPSA) is 3.24 Å². The van der Waals surface area contributed by atoms with Gasteiger partial charge in [0, 0.05) is 16.7 Å². The van der Waals surface area contributed by atoms with E-state index in [-0.39, 0.29) is 12.2 Å². The lowest BCUT2D eigenvalue weighted by molar-refractivity contribution is -0.128. The van der Waals surface area contributed by atoms with Crippen LogP contribution in [0.25, 0.3) is 0 Å². The predicted molar refractivity (Wildman–Crippen MR) is 53.2 cm³/mol. The molecule has 1 aromatic carbocycles. The van der Waals surface area contributed by atoms with E-state index in [0.717, 1.165) is 4.47 Å². The van der Waals surface area contributed by atoms with Gasteiger partial charge in [0.25, 0.3) is 0 Å². The minimum Gasteiger partial charge on any atom is -0.284 e. The molecule has 0 unspecified atom stereocenters. The summed E-state index contributed by atoms with van der Waals surface area (Å²) < 4.78 is 38.0. The fourth-order valence-electron chi connectivity index (χ4n) is 1.13. The highest BCUT2D eigenvalue weighted by Gasteiger charge is 2.36. The summed E-state index contributed by atoms with van der Waals surface area (Å²) in [5, 5.41) is 0. The van der Waals surface area contributed by atoms with Gasteiger partial charge in [-0.25, -0.2) is 0 Å². The van der Waals surface area contributed by atoms with Crippen LogP contribution in [-0.2, 0) is 0 Å². The molecule has 0 bridgehead atoms. The summed E-state index contributed by atoms with van der Waals surface area (Å²) in [5.74, 6) is 0. The van der Waals surface area contributed by atoms with Gasteiger partial charge in [0.05, 0.1) is 0 Å². The molecular formula is C9H9BrF3N. The first-order valence-electron chi connectivity index (χ1n) is 4.05. The SMILES string of the molecule is CCN(c1ccc(Br)cc1)C(F)(F)F. The Kier molecular flexibility index (Phi) is 3.42. The van der Waals surface area contributed by atoms with E-state index in [1.165, 1.54) is 19.1 Å². The largest absolute Gasteiger partial charge is 0.484 e. The zero-order chi connectivity index (χ0) is 10.8. The molecular weight excluding hydrogens is 259 g/mol. The Morgan fingerprint density at radius 2 is 1.71 bits per heavy atom. The molecule has 78 valence electrons. The summed E-state index contributed by atoms with van der Waals surface area (Å²) in [6, 6.07) is 6.04. The highest BCUT2D eigenvalue weighted by atomic mass is 79.9. The van der Waals surface area contributed by atoms with Crippen molar-refractivity contribution in [2.75, 3.05) is 11.4 Å². The van der Waals surface area contributed by atoms with E-state index in [1.54, 1.807) is 12.1 Å². The Morgan fingerprint density at radius 1 is 1.21 bits per heavy atom. The van der Waals surface area contributed by atoms with Crippen LogP contribution in [0.4, 0.5) is 18.9 Å². The van der Waals surface area contributed by atoms with Crippen molar-refractivity contribution >= 4 is 21.6 Å². The van der Waals surface area contributed by atoms with Crippen LogP contribution in [0.2, 0.25) is 0 Å². The van der Waals surface area contributed by atoms with Crippen LogP contribution >= 0.6 is 15.9 Å². The fourth-order valence-corrected chi connectivity index (χ4v) is 1.39. The maximum absolute atomic E-state index is 12.4. The summed E-state index contributed by atoms with van der Waals surface area (Å²) in [4.78, 5) is 0.388. The van der Waals surface area contributed by atoms with Gasteiger partial charge in [-0.05, 0) is 31.2 Å². The Bertz CT molecular complexity index is 294. The standard InChI is InChI=1S/C9H9BrF3N/c1-2-14(9(11,12)13)8-5-3-7(10)4-6-8/h3-6H,2H2,1H3. The summed E-state index contributed by atoms with van der Waals surface area (Å²) in [7, 11) is 0. The highest BCUT2D eigenvalue weighted by Crippen LogP contribution is 2.28. The van der Waals surface area contributed by atoms with E-state index in [4.69, 9.17) is 0 Å². The number of rotatable bonds is 2. The number of anilines is 1. The lowest BCUT2D eigenvalue weighted by Crippen LogP contribution is -2.37. The van der Waals surface area contributed by atoms with Crippen LogP contribution < -0.4 is 4.90 Å². The molecule has 0 aliphatic heterocycles. The Morgan fingerprint density at radius 3 is 2.07 bits per heavy atom. The van der Waals surface area contributed by atoms with Gasteiger partial charge in [-0.3, -0.25) is 4.90 Å². The molecule has 0 atom stereocenters. The van der Waals surface area contributed by atoms with Crippen molar-refractivity contribution in [3.8, 4) is 0 Å². The average molecular weight is 268 g/mol. The normalized spacial score (nSPS) is 11.5. The van der Waals surface area contributed by atoms with Crippen molar-refractivity contribution < 1.29 is 13.2 Å². The second-order valence-electron chi connectivity index (χ2n) is 2.69. The van der Waals surface area contributed by atoms with E-state index in [9.17, 15) is 13.2 Å². The molecule has 0 amide bonds. The number of hydrogen-bond donors (Lipinski definition) is 0. The molecule has 1 rings (SSSR count). The van der Waals surface area contributed by atoms with E-state index in [1.807, 2.05) is 0 Å². The van der Waals surface area contributed by atoms with Gasteiger partial charge in [0.15, 0.2) is 0 Å². The first kappa shape index (κ1) is 11.4. The molecule has 0 saturated heterocycles. The van der Waals surface area contributed by atoms with Crippen LogP contribution in [0.5, 0.6) is 0 Å². The first-order valence-corrected chi connectivity index (χ1v) is 4.84. The van der Waals surface area contributed by atoms with E-state index in [0.29, 0.717) is 4.90 Å².